The van der Waals surface area contributed by atoms with E-state index in [-0.39, 0.29) is 35.9 Å². The smallest absolute Gasteiger partial charge is 0.230 e. The first-order valence-corrected chi connectivity index (χ1v) is 6.72. The van der Waals surface area contributed by atoms with Crippen LogP contribution in [-0.4, -0.2) is 29.9 Å². The van der Waals surface area contributed by atoms with E-state index in [1.54, 1.807) is 0 Å². The molecule has 3 N–H and O–H groups in total. The van der Waals surface area contributed by atoms with Crippen molar-refractivity contribution in [3.8, 4) is 0 Å². The molecule has 0 spiro atoms. The van der Waals surface area contributed by atoms with Gasteiger partial charge in [0, 0.05) is 12.1 Å². The Labute approximate surface area is 113 Å². The number of nitrogens with two attached hydrogens (primary N) is 1. The number of rotatable bonds is 7. The number of primary amides is 1. The first-order valence-electron chi connectivity index (χ1n) is 5.56. The van der Waals surface area contributed by atoms with Crippen LogP contribution >= 0.6 is 11.8 Å². The van der Waals surface area contributed by atoms with Gasteiger partial charge < -0.3 is 11.1 Å². The van der Waals surface area contributed by atoms with E-state index in [1.807, 2.05) is 0 Å². The summed E-state index contributed by atoms with van der Waals surface area (Å²) in [4.78, 5) is 21.8. The van der Waals surface area contributed by atoms with Crippen molar-refractivity contribution in [1.29, 1.82) is 0 Å². The van der Waals surface area contributed by atoms with Crippen molar-refractivity contribution in [1.82, 2.24) is 5.32 Å². The Bertz CT molecular complexity index is 449. The van der Waals surface area contributed by atoms with E-state index in [9.17, 15) is 18.4 Å². The van der Waals surface area contributed by atoms with Gasteiger partial charge in [0.1, 0.15) is 11.6 Å². The number of nitrogens with one attached hydrogen (secondary N) is 1. The molecule has 104 valence electrons. The molecule has 4 nitrogen and oxygen atoms in total. The van der Waals surface area contributed by atoms with Gasteiger partial charge in [-0.2, -0.15) is 0 Å². The van der Waals surface area contributed by atoms with Crippen LogP contribution in [0.3, 0.4) is 0 Å². The number of carbonyl (C=O) groups is 2. The summed E-state index contributed by atoms with van der Waals surface area (Å²) in [7, 11) is 0. The Morgan fingerprint density at radius 1 is 1.21 bits per heavy atom. The van der Waals surface area contributed by atoms with Gasteiger partial charge in [-0.3, -0.25) is 9.59 Å². The highest BCUT2D eigenvalue weighted by Gasteiger charge is 2.09. The third kappa shape index (κ3) is 5.69. The summed E-state index contributed by atoms with van der Waals surface area (Å²) in [5, 5.41) is 2.51. The number of thioether (sulfide) groups is 1. The molecule has 1 aromatic carbocycles. The fraction of sp³-hybridized carbons (Fsp3) is 0.333. The number of amides is 2. The highest BCUT2D eigenvalue weighted by atomic mass is 32.2. The Balaban J connectivity index is 2.30. The van der Waals surface area contributed by atoms with Gasteiger partial charge in [0.25, 0.3) is 0 Å². The van der Waals surface area contributed by atoms with Crippen LogP contribution in [0.25, 0.3) is 0 Å². The van der Waals surface area contributed by atoms with Gasteiger partial charge in [0.15, 0.2) is 0 Å². The van der Waals surface area contributed by atoms with E-state index in [4.69, 9.17) is 5.73 Å². The molecule has 0 saturated heterocycles. The predicted molar refractivity (Wildman–Crippen MR) is 69.6 cm³/mol. The molecule has 7 heteroatoms. The second-order valence-electron chi connectivity index (χ2n) is 3.76. The van der Waals surface area contributed by atoms with E-state index < -0.39 is 17.5 Å². The van der Waals surface area contributed by atoms with Gasteiger partial charge in [0.05, 0.1) is 11.5 Å². The topological polar surface area (TPSA) is 72.2 Å². The summed E-state index contributed by atoms with van der Waals surface area (Å²) in [5.41, 5.74) is 4.86. The van der Waals surface area contributed by atoms with Crippen molar-refractivity contribution in [3.05, 3.63) is 35.4 Å². The molecule has 0 atom stereocenters. The lowest BCUT2D eigenvalue weighted by atomic mass is 10.1. The first kappa shape index (κ1) is 15.4. The Kier molecular flexibility index (Phi) is 6.27. The van der Waals surface area contributed by atoms with E-state index in [0.29, 0.717) is 0 Å². The molecule has 0 radical (unpaired) electrons. The van der Waals surface area contributed by atoms with Crippen LogP contribution in [-0.2, 0) is 16.0 Å². The van der Waals surface area contributed by atoms with E-state index >= 15 is 0 Å². The highest BCUT2D eigenvalue weighted by molar-refractivity contribution is 8.00. The summed E-state index contributed by atoms with van der Waals surface area (Å²) in [6, 6.07) is 3.62. The Morgan fingerprint density at radius 3 is 2.42 bits per heavy atom. The molecule has 1 aromatic rings. The standard InChI is InChI=1S/C12H14F2N2O2S/c13-9-2-1-3-10(14)8(9)4-5-16-12(18)7-19-6-11(15)17/h1-3H,4-7H2,(H2,15,17)(H,16,18). The average Bonchev–Trinajstić information content (AvgIpc) is 2.32. The second-order valence-corrected chi connectivity index (χ2v) is 4.74. The van der Waals surface area contributed by atoms with Crippen LogP contribution < -0.4 is 11.1 Å². The molecule has 0 fully saturated rings. The molecule has 0 saturated carbocycles. The summed E-state index contributed by atoms with van der Waals surface area (Å²) in [6.07, 6.45) is 0.0741. The minimum Gasteiger partial charge on any atom is -0.369 e. The third-order valence-corrected chi connectivity index (χ3v) is 3.19. The first-order chi connectivity index (χ1) is 9.00. The molecular weight excluding hydrogens is 274 g/mol. The summed E-state index contributed by atoms with van der Waals surface area (Å²) in [5.74, 6) is -1.90. The average molecular weight is 288 g/mol. The molecule has 0 aliphatic heterocycles. The zero-order valence-electron chi connectivity index (χ0n) is 10.1. The minimum atomic E-state index is -0.627. The lowest BCUT2D eigenvalue weighted by Gasteiger charge is -2.06. The van der Waals surface area contributed by atoms with Crippen molar-refractivity contribution in [2.75, 3.05) is 18.1 Å². The number of hydrogen-bond donors (Lipinski definition) is 2. The fourth-order valence-electron chi connectivity index (χ4n) is 1.39. The van der Waals surface area contributed by atoms with Crippen molar-refractivity contribution < 1.29 is 18.4 Å². The van der Waals surface area contributed by atoms with E-state index in [0.717, 1.165) is 11.8 Å². The second kappa shape index (κ2) is 7.73. The number of carbonyl (C=O) groups excluding carboxylic acids is 2. The van der Waals surface area contributed by atoms with E-state index in [1.165, 1.54) is 18.2 Å². The Hall–Kier alpha value is -1.63. The maximum Gasteiger partial charge on any atom is 0.230 e. The van der Waals surface area contributed by atoms with Crippen LogP contribution in [0.1, 0.15) is 5.56 Å². The lowest BCUT2D eigenvalue weighted by molar-refractivity contribution is -0.118. The van der Waals surface area contributed by atoms with Crippen molar-refractivity contribution in [2.45, 2.75) is 6.42 Å². The fourth-order valence-corrected chi connectivity index (χ4v) is 1.98. The molecule has 0 aromatic heterocycles. The van der Waals surface area contributed by atoms with Crippen molar-refractivity contribution in [2.24, 2.45) is 5.73 Å². The maximum atomic E-state index is 13.3. The summed E-state index contributed by atoms with van der Waals surface area (Å²) in [6.45, 7) is 0.133. The van der Waals surface area contributed by atoms with Gasteiger partial charge in [-0.15, -0.1) is 11.8 Å². The van der Waals surface area contributed by atoms with Crippen molar-refractivity contribution >= 4 is 23.6 Å². The monoisotopic (exact) mass is 288 g/mol. The molecule has 0 heterocycles. The molecule has 0 aliphatic rings. The van der Waals surface area contributed by atoms with Gasteiger partial charge in [0.2, 0.25) is 11.8 Å². The van der Waals surface area contributed by atoms with Crippen molar-refractivity contribution in [3.63, 3.8) is 0 Å². The largest absolute Gasteiger partial charge is 0.369 e. The van der Waals surface area contributed by atoms with Crippen LogP contribution in [0.2, 0.25) is 0 Å². The van der Waals surface area contributed by atoms with Crippen LogP contribution in [0.5, 0.6) is 0 Å². The van der Waals surface area contributed by atoms with Crippen LogP contribution in [0.15, 0.2) is 18.2 Å². The van der Waals surface area contributed by atoms with Gasteiger partial charge in [-0.05, 0) is 18.6 Å². The summed E-state index contributed by atoms with van der Waals surface area (Å²) >= 11 is 1.09. The third-order valence-electron chi connectivity index (χ3n) is 2.24. The highest BCUT2D eigenvalue weighted by Crippen LogP contribution is 2.12. The van der Waals surface area contributed by atoms with Gasteiger partial charge >= 0.3 is 0 Å². The minimum absolute atomic E-state index is 0.0485. The molecule has 19 heavy (non-hydrogen) atoms. The SMILES string of the molecule is NC(=O)CSCC(=O)NCCc1c(F)cccc1F. The number of halogens is 2. The zero-order chi connectivity index (χ0) is 14.3. The normalized spacial score (nSPS) is 10.2. The quantitative estimate of drug-likeness (QED) is 0.781. The lowest BCUT2D eigenvalue weighted by Crippen LogP contribution is -2.28. The number of hydrogen-bond acceptors (Lipinski definition) is 3. The van der Waals surface area contributed by atoms with Crippen LogP contribution in [0.4, 0.5) is 8.78 Å². The molecule has 0 unspecified atom stereocenters. The molecular formula is C12H14F2N2O2S. The molecule has 1 rings (SSSR count). The summed E-state index contributed by atoms with van der Waals surface area (Å²) < 4.78 is 26.5. The Morgan fingerprint density at radius 2 is 1.84 bits per heavy atom. The molecule has 0 aliphatic carbocycles. The molecule has 2 amide bonds. The van der Waals surface area contributed by atoms with Gasteiger partial charge in [-0.25, -0.2) is 8.78 Å². The molecule has 0 bridgehead atoms. The van der Waals surface area contributed by atoms with E-state index in [2.05, 4.69) is 5.32 Å². The van der Waals surface area contributed by atoms with Gasteiger partial charge in [-0.1, -0.05) is 6.07 Å². The van der Waals surface area contributed by atoms with Crippen LogP contribution in [0, 0.1) is 11.6 Å². The maximum absolute atomic E-state index is 13.3. The number of benzene rings is 1. The predicted octanol–water partition coefficient (Wildman–Crippen LogP) is 0.842. The zero-order valence-corrected chi connectivity index (χ0v) is 10.9.